The number of nitrogens with two attached hydrogens (primary N) is 1. The molecule has 0 saturated carbocycles. The number of amides is 1. The number of nitrogens with one attached hydrogen (secondary N) is 2. The zero-order chi connectivity index (χ0) is 6.69. The van der Waals surface area contributed by atoms with Gasteiger partial charge in [-0.2, -0.15) is 0 Å². The fraction of sp³-hybridized carbons (Fsp3) is 0.500. The zero-order valence-electron chi connectivity index (χ0n) is 4.79. The molecule has 0 aliphatic carbocycles. The van der Waals surface area contributed by atoms with E-state index >= 15 is 0 Å². The summed E-state index contributed by atoms with van der Waals surface area (Å²) < 4.78 is 0. The molecule has 1 unspecified atom stereocenters. The Hall–Kier alpha value is -1.10. The Labute approximate surface area is 52.3 Å². The van der Waals surface area contributed by atoms with E-state index < -0.39 is 0 Å². The highest BCUT2D eigenvalue weighted by Crippen LogP contribution is 1.91. The van der Waals surface area contributed by atoms with Gasteiger partial charge in [0.15, 0.2) is 0 Å². The van der Waals surface area contributed by atoms with E-state index in [1.54, 1.807) is 0 Å². The molecule has 0 saturated heterocycles. The molecule has 0 aromatic heterocycles. The van der Waals surface area contributed by atoms with Crippen LogP contribution in [-0.2, 0) is 4.79 Å². The summed E-state index contributed by atoms with van der Waals surface area (Å²) in [5, 5.41) is 2.78. The first kappa shape index (κ1) is 6.03. The Morgan fingerprint density at radius 3 is 3.22 bits per heavy atom. The van der Waals surface area contributed by atoms with E-state index in [9.17, 15) is 4.79 Å². The average Bonchev–Trinajstić information content (AvgIpc) is 2.37. The largest absolute Gasteiger partial charge is 0.374 e. The molecule has 0 fully saturated rings. The second-order valence-corrected chi connectivity index (χ2v) is 1.71. The van der Waals surface area contributed by atoms with E-state index in [0.29, 0.717) is 6.54 Å². The number of carbonyl (C=O) groups excluding carboxylic acids is 1. The SMILES string of the molecule is NNC(=O)C1CNC=N1. The molecule has 50 valence electrons. The highest BCUT2D eigenvalue weighted by atomic mass is 16.2. The van der Waals surface area contributed by atoms with Crippen molar-refractivity contribution in [1.82, 2.24) is 10.7 Å². The van der Waals surface area contributed by atoms with Crippen molar-refractivity contribution >= 4 is 12.2 Å². The van der Waals surface area contributed by atoms with Gasteiger partial charge in [0.05, 0.1) is 6.34 Å². The van der Waals surface area contributed by atoms with Gasteiger partial charge >= 0.3 is 0 Å². The lowest BCUT2D eigenvalue weighted by molar-refractivity contribution is -0.122. The van der Waals surface area contributed by atoms with Crippen molar-refractivity contribution < 1.29 is 4.79 Å². The van der Waals surface area contributed by atoms with Crippen molar-refractivity contribution in [3.8, 4) is 0 Å². The van der Waals surface area contributed by atoms with Gasteiger partial charge in [0.25, 0.3) is 5.91 Å². The summed E-state index contributed by atoms with van der Waals surface area (Å²) in [5.41, 5.74) is 2.01. The van der Waals surface area contributed by atoms with Crippen LogP contribution >= 0.6 is 0 Å². The van der Waals surface area contributed by atoms with Crippen LogP contribution in [0.3, 0.4) is 0 Å². The smallest absolute Gasteiger partial charge is 0.260 e. The number of rotatable bonds is 1. The normalized spacial score (nSPS) is 23.4. The van der Waals surface area contributed by atoms with Gasteiger partial charge < -0.3 is 5.32 Å². The maximum absolute atomic E-state index is 10.6. The Morgan fingerprint density at radius 2 is 2.78 bits per heavy atom. The molecule has 1 heterocycles. The van der Waals surface area contributed by atoms with E-state index in [-0.39, 0.29) is 11.9 Å². The fourth-order valence-corrected chi connectivity index (χ4v) is 0.616. The van der Waals surface area contributed by atoms with Gasteiger partial charge in [-0.1, -0.05) is 0 Å². The van der Waals surface area contributed by atoms with E-state index in [0.717, 1.165) is 0 Å². The third-order valence-corrected chi connectivity index (χ3v) is 1.10. The molecule has 0 radical (unpaired) electrons. The maximum Gasteiger partial charge on any atom is 0.260 e. The van der Waals surface area contributed by atoms with Crippen molar-refractivity contribution in [2.75, 3.05) is 6.54 Å². The quantitative estimate of drug-likeness (QED) is 0.216. The van der Waals surface area contributed by atoms with E-state index in [1.807, 2.05) is 5.43 Å². The fourth-order valence-electron chi connectivity index (χ4n) is 0.616. The topological polar surface area (TPSA) is 79.5 Å². The first-order valence-electron chi connectivity index (χ1n) is 2.60. The van der Waals surface area contributed by atoms with Crippen LogP contribution in [0.15, 0.2) is 4.99 Å². The first-order chi connectivity index (χ1) is 4.34. The molecule has 5 heteroatoms. The minimum absolute atomic E-state index is 0.253. The second-order valence-electron chi connectivity index (χ2n) is 1.71. The molecule has 0 spiro atoms. The Bertz CT molecular complexity index is 144. The lowest BCUT2D eigenvalue weighted by Crippen LogP contribution is -2.40. The Balaban J connectivity index is 2.43. The summed E-state index contributed by atoms with van der Waals surface area (Å²) in [7, 11) is 0. The zero-order valence-corrected chi connectivity index (χ0v) is 4.79. The number of carbonyl (C=O) groups is 1. The van der Waals surface area contributed by atoms with Crippen molar-refractivity contribution in [2.45, 2.75) is 6.04 Å². The van der Waals surface area contributed by atoms with Crippen LogP contribution in [0, 0.1) is 0 Å². The van der Waals surface area contributed by atoms with Gasteiger partial charge in [0.2, 0.25) is 0 Å². The van der Waals surface area contributed by atoms with Crippen LogP contribution < -0.4 is 16.6 Å². The summed E-state index contributed by atoms with van der Waals surface area (Å²) in [6.07, 6.45) is 1.50. The van der Waals surface area contributed by atoms with Crippen molar-refractivity contribution in [2.24, 2.45) is 10.8 Å². The molecule has 0 bridgehead atoms. The monoisotopic (exact) mass is 128 g/mol. The number of aliphatic imine (C=N–C) groups is 1. The standard InChI is InChI=1S/C4H8N4O/c5-8-4(9)3-1-6-2-7-3/h2-3H,1,5H2,(H,6,7)(H,8,9). The summed E-state index contributed by atoms with van der Waals surface area (Å²) in [5.74, 6) is 4.60. The molecule has 0 aromatic rings. The molecular formula is C4H8N4O. The van der Waals surface area contributed by atoms with Crippen molar-refractivity contribution in [3.63, 3.8) is 0 Å². The van der Waals surface area contributed by atoms with Gasteiger partial charge in [-0.25, -0.2) is 5.84 Å². The minimum Gasteiger partial charge on any atom is -0.374 e. The van der Waals surface area contributed by atoms with Gasteiger partial charge in [-0.05, 0) is 0 Å². The lowest BCUT2D eigenvalue weighted by Gasteiger charge is -2.01. The summed E-state index contributed by atoms with van der Waals surface area (Å²) in [6.45, 7) is 0.545. The third kappa shape index (κ3) is 1.17. The first-order valence-corrected chi connectivity index (χ1v) is 2.60. The number of hydrogen-bond acceptors (Lipinski definition) is 4. The van der Waals surface area contributed by atoms with Crippen LogP contribution in [0.2, 0.25) is 0 Å². The molecule has 1 aliphatic heterocycles. The molecule has 1 aliphatic rings. The highest BCUT2D eigenvalue weighted by Gasteiger charge is 2.17. The van der Waals surface area contributed by atoms with E-state index in [2.05, 4.69) is 10.3 Å². The summed E-state index contributed by atoms with van der Waals surface area (Å²) >= 11 is 0. The average molecular weight is 128 g/mol. The Morgan fingerprint density at radius 1 is 2.00 bits per heavy atom. The predicted molar refractivity (Wildman–Crippen MR) is 32.6 cm³/mol. The van der Waals surface area contributed by atoms with Crippen LogP contribution in [0.25, 0.3) is 0 Å². The molecule has 0 aromatic carbocycles. The van der Waals surface area contributed by atoms with Gasteiger partial charge in [0, 0.05) is 6.54 Å². The molecule has 1 rings (SSSR count). The number of hydrogen-bond donors (Lipinski definition) is 3. The number of hydrazine groups is 1. The molecule has 1 amide bonds. The van der Waals surface area contributed by atoms with Gasteiger partial charge in [-0.15, -0.1) is 0 Å². The second kappa shape index (κ2) is 2.45. The Kier molecular flexibility index (Phi) is 1.64. The third-order valence-electron chi connectivity index (χ3n) is 1.10. The summed E-state index contributed by atoms with van der Waals surface area (Å²) in [4.78, 5) is 14.4. The van der Waals surface area contributed by atoms with E-state index in [4.69, 9.17) is 5.84 Å². The van der Waals surface area contributed by atoms with Gasteiger partial charge in [-0.3, -0.25) is 15.2 Å². The maximum atomic E-state index is 10.6. The van der Waals surface area contributed by atoms with Crippen LogP contribution in [0.1, 0.15) is 0 Å². The van der Waals surface area contributed by atoms with Crippen molar-refractivity contribution in [1.29, 1.82) is 0 Å². The number of nitrogens with zero attached hydrogens (tertiary/aromatic N) is 1. The van der Waals surface area contributed by atoms with Crippen LogP contribution in [0.5, 0.6) is 0 Å². The molecular weight excluding hydrogens is 120 g/mol. The molecule has 1 atom stereocenters. The van der Waals surface area contributed by atoms with E-state index in [1.165, 1.54) is 6.34 Å². The molecule has 9 heavy (non-hydrogen) atoms. The van der Waals surface area contributed by atoms with Gasteiger partial charge in [0.1, 0.15) is 6.04 Å². The molecule has 4 N–H and O–H groups in total. The van der Waals surface area contributed by atoms with Crippen LogP contribution in [0.4, 0.5) is 0 Å². The van der Waals surface area contributed by atoms with Crippen molar-refractivity contribution in [3.05, 3.63) is 0 Å². The highest BCUT2D eigenvalue weighted by molar-refractivity contribution is 5.84. The minimum atomic E-state index is -0.338. The molecule has 5 nitrogen and oxygen atoms in total. The predicted octanol–water partition coefficient (Wildman–Crippen LogP) is -2.02. The summed E-state index contributed by atoms with van der Waals surface area (Å²) in [6, 6.07) is -0.338. The lowest BCUT2D eigenvalue weighted by atomic mass is 10.3. The van der Waals surface area contributed by atoms with Crippen LogP contribution in [-0.4, -0.2) is 24.8 Å².